The second-order valence-electron chi connectivity index (χ2n) is 6.19. The molecule has 118 valence electrons. The first-order valence-electron chi connectivity index (χ1n) is 8.09. The maximum absolute atomic E-state index is 12.0. The summed E-state index contributed by atoms with van der Waals surface area (Å²) in [4.78, 5) is 25.8. The highest BCUT2D eigenvalue weighted by atomic mass is 16.2. The number of carbonyl (C=O) groups is 2. The number of urea groups is 1. The summed E-state index contributed by atoms with van der Waals surface area (Å²) in [6.45, 7) is 2.06. The standard InChI is InChI=1S/C17H23N3O2/c21-16(14-6-7-14)20-10-8-15(9-11-20)19-17(22)18-12-13-4-2-1-3-5-13/h1-5,14-15H,6-12H2,(H2,18,19,22). The van der Waals surface area contributed by atoms with E-state index in [1.54, 1.807) is 0 Å². The molecule has 1 heterocycles. The number of nitrogens with one attached hydrogen (secondary N) is 2. The van der Waals surface area contributed by atoms with E-state index in [-0.39, 0.29) is 12.1 Å². The number of piperidine rings is 1. The van der Waals surface area contributed by atoms with E-state index in [1.807, 2.05) is 35.2 Å². The van der Waals surface area contributed by atoms with E-state index in [2.05, 4.69) is 10.6 Å². The second-order valence-corrected chi connectivity index (χ2v) is 6.19. The fourth-order valence-electron chi connectivity index (χ4n) is 2.85. The van der Waals surface area contributed by atoms with Crippen molar-refractivity contribution in [1.29, 1.82) is 0 Å². The van der Waals surface area contributed by atoms with Crippen molar-refractivity contribution in [3.63, 3.8) is 0 Å². The van der Waals surface area contributed by atoms with Gasteiger partial charge in [0.15, 0.2) is 0 Å². The molecule has 2 fully saturated rings. The maximum Gasteiger partial charge on any atom is 0.315 e. The van der Waals surface area contributed by atoms with E-state index >= 15 is 0 Å². The molecule has 22 heavy (non-hydrogen) atoms. The summed E-state index contributed by atoms with van der Waals surface area (Å²) in [5.74, 6) is 0.602. The summed E-state index contributed by atoms with van der Waals surface area (Å²) >= 11 is 0. The van der Waals surface area contributed by atoms with E-state index in [1.165, 1.54) is 0 Å². The fraction of sp³-hybridized carbons (Fsp3) is 0.529. The van der Waals surface area contributed by atoms with Crippen LogP contribution in [0.3, 0.4) is 0 Å². The van der Waals surface area contributed by atoms with E-state index in [4.69, 9.17) is 0 Å². The van der Waals surface area contributed by atoms with Crippen molar-refractivity contribution in [2.45, 2.75) is 38.3 Å². The van der Waals surface area contributed by atoms with Gasteiger partial charge in [0, 0.05) is 31.6 Å². The Labute approximate surface area is 131 Å². The fourth-order valence-corrected chi connectivity index (χ4v) is 2.85. The minimum Gasteiger partial charge on any atom is -0.342 e. The van der Waals surface area contributed by atoms with Crippen molar-refractivity contribution in [3.05, 3.63) is 35.9 Å². The molecule has 2 aliphatic rings. The lowest BCUT2D eigenvalue weighted by atomic mass is 10.0. The van der Waals surface area contributed by atoms with Crippen LogP contribution in [0.2, 0.25) is 0 Å². The molecule has 1 aromatic rings. The van der Waals surface area contributed by atoms with Crippen molar-refractivity contribution in [2.75, 3.05) is 13.1 Å². The van der Waals surface area contributed by atoms with Gasteiger partial charge in [-0.25, -0.2) is 4.79 Å². The van der Waals surface area contributed by atoms with E-state index < -0.39 is 0 Å². The zero-order valence-electron chi connectivity index (χ0n) is 12.8. The third-order valence-electron chi connectivity index (χ3n) is 4.36. The molecule has 2 N–H and O–H groups in total. The van der Waals surface area contributed by atoms with Crippen LogP contribution in [0.4, 0.5) is 4.79 Å². The van der Waals surface area contributed by atoms with Crippen molar-refractivity contribution >= 4 is 11.9 Å². The molecule has 0 bridgehead atoms. The minimum atomic E-state index is -0.129. The SMILES string of the molecule is O=C(NCc1ccccc1)NC1CCN(C(=O)C2CC2)CC1. The van der Waals surface area contributed by atoms with Crippen molar-refractivity contribution < 1.29 is 9.59 Å². The highest BCUT2D eigenvalue weighted by Crippen LogP contribution is 2.31. The number of rotatable bonds is 4. The normalized spacial score (nSPS) is 18.8. The summed E-state index contributed by atoms with van der Waals surface area (Å²) < 4.78 is 0. The van der Waals surface area contributed by atoms with Gasteiger partial charge in [0.25, 0.3) is 0 Å². The second kappa shape index (κ2) is 6.81. The lowest BCUT2D eigenvalue weighted by Gasteiger charge is -2.32. The molecule has 3 amide bonds. The predicted octanol–water partition coefficient (Wildman–Crippen LogP) is 1.89. The molecule has 0 aromatic heterocycles. The number of benzene rings is 1. The summed E-state index contributed by atoms with van der Waals surface area (Å²) in [5.41, 5.74) is 1.09. The van der Waals surface area contributed by atoms with Crippen LogP contribution in [-0.4, -0.2) is 36.0 Å². The molecule has 1 saturated carbocycles. The number of amides is 3. The third kappa shape index (κ3) is 4.00. The van der Waals surface area contributed by atoms with Crippen LogP contribution < -0.4 is 10.6 Å². The highest BCUT2D eigenvalue weighted by molar-refractivity contribution is 5.81. The quantitative estimate of drug-likeness (QED) is 0.892. The molecule has 1 saturated heterocycles. The van der Waals surface area contributed by atoms with E-state index in [0.29, 0.717) is 18.4 Å². The number of hydrogen-bond acceptors (Lipinski definition) is 2. The van der Waals surface area contributed by atoms with Gasteiger partial charge in [-0.3, -0.25) is 4.79 Å². The molecule has 0 spiro atoms. The first kappa shape index (κ1) is 14.9. The molecule has 0 unspecified atom stereocenters. The number of hydrogen-bond donors (Lipinski definition) is 2. The van der Waals surface area contributed by atoms with Crippen molar-refractivity contribution in [3.8, 4) is 0 Å². The van der Waals surface area contributed by atoms with Crippen molar-refractivity contribution in [1.82, 2.24) is 15.5 Å². The Bertz CT molecular complexity index is 520. The van der Waals surface area contributed by atoms with Crippen LogP contribution >= 0.6 is 0 Å². The third-order valence-corrected chi connectivity index (χ3v) is 4.36. The van der Waals surface area contributed by atoms with E-state index in [9.17, 15) is 9.59 Å². The molecule has 0 atom stereocenters. The van der Waals surface area contributed by atoms with Crippen LogP contribution in [0.5, 0.6) is 0 Å². The van der Waals surface area contributed by atoms with Gasteiger partial charge >= 0.3 is 6.03 Å². The Balaban J connectivity index is 1.37. The van der Waals surface area contributed by atoms with Gasteiger partial charge in [0.2, 0.25) is 5.91 Å². The van der Waals surface area contributed by atoms with Gasteiger partial charge < -0.3 is 15.5 Å². The molecule has 5 nitrogen and oxygen atoms in total. The molecular formula is C17H23N3O2. The Morgan fingerprint density at radius 1 is 1.05 bits per heavy atom. The van der Waals surface area contributed by atoms with Crippen molar-refractivity contribution in [2.24, 2.45) is 5.92 Å². The van der Waals surface area contributed by atoms with Gasteiger partial charge in [-0.2, -0.15) is 0 Å². The Morgan fingerprint density at radius 3 is 2.36 bits per heavy atom. The zero-order valence-corrected chi connectivity index (χ0v) is 12.8. The molecule has 0 radical (unpaired) electrons. The van der Waals surface area contributed by atoms with Gasteiger partial charge in [-0.15, -0.1) is 0 Å². The number of carbonyl (C=O) groups excluding carboxylic acids is 2. The van der Waals surface area contributed by atoms with Gasteiger partial charge in [0.1, 0.15) is 0 Å². The number of likely N-dealkylation sites (tertiary alicyclic amines) is 1. The van der Waals surface area contributed by atoms with Gasteiger partial charge in [0.05, 0.1) is 0 Å². The smallest absolute Gasteiger partial charge is 0.315 e. The largest absolute Gasteiger partial charge is 0.342 e. The first-order chi connectivity index (χ1) is 10.7. The number of nitrogens with zero attached hydrogens (tertiary/aromatic N) is 1. The average molecular weight is 301 g/mol. The maximum atomic E-state index is 12.0. The zero-order chi connectivity index (χ0) is 15.4. The molecule has 1 aromatic carbocycles. The Hall–Kier alpha value is -2.04. The Morgan fingerprint density at radius 2 is 1.73 bits per heavy atom. The molecule has 1 aliphatic heterocycles. The van der Waals surface area contributed by atoms with Gasteiger partial charge in [-0.1, -0.05) is 30.3 Å². The minimum absolute atomic E-state index is 0.129. The lowest BCUT2D eigenvalue weighted by Crippen LogP contribution is -2.49. The average Bonchev–Trinajstić information content (AvgIpc) is 3.39. The summed E-state index contributed by atoms with van der Waals surface area (Å²) in [5, 5.41) is 5.88. The summed E-state index contributed by atoms with van der Waals surface area (Å²) in [6, 6.07) is 9.89. The van der Waals surface area contributed by atoms with Crippen LogP contribution in [-0.2, 0) is 11.3 Å². The lowest BCUT2D eigenvalue weighted by molar-refractivity contribution is -0.133. The van der Waals surface area contributed by atoms with Crippen LogP contribution in [0.15, 0.2) is 30.3 Å². The Kier molecular flexibility index (Phi) is 4.61. The monoisotopic (exact) mass is 301 g/mol. The molecule has 1 aliphatic carbocycles. The molecule has 3 rings (SSSR count). The predicted molar refractivity (Wildman–Crippen MR) is 84.1 cm³/mol. The van der Waals surface area contributed by atoms with Gasteiger partial charge in [-0.05, 0) is 31.2 Å². The van der Waals surface area contributed by atoms with E-state index in [0.717, 1.165) is 44.3 Å². The van der Waals surface area contributed by atoms with Crippen LogP contribution in [0.25, 0.3) is 0 Å². The summed E-state index contributed by atoms with van der Waals surface area (Å²) in [6.07, 6.45) is 3.80. The summed E-state index contributed by atoms with van der Waals surface area (Å²) in [7, 11) is 0. The first-order valence-corrected chi connectivity index (χ1v) is 8.09. The molecule has 5 heteroatoms. The van der Waals surface area contributed by atoms with Crippen LogP contribution in [0.1, 0.15) is 31.2 Å². The molecular weight excluding hydrogens is 278 g/mol. The highest BCUT2D eigenvalue weighted by Gasteiger charge is 2.35. The topological polar surface area (TPSA) is 61.4 Å². The van der Waals surface area contributed by atoms with Crippen LogP contribution in [0, 0.1) is 5.92 Å².